The Bertz CT molecular complexity index is 4440. The first-order chi connectivity index (χ1) is 47.0. The number of allylic oxidation sites excluding steroid dienone is 8. The number of phenolic OH excluding ortho intramolecular Hbond substituents is 3. The molecule has 2 saturated carbocycles. The largest absolute Gasteiger partial charge is 0.508 e. The van der Waals surface area contributed by atoms with E-state index in [-0.39, 0.29) is 95.3 Å². The predicted octanol–water partition coefficient (Wildman–Crippen LogP) is 14.5. The molecule has 13 atom stereocenters. The first kappa shape index (κ1) is 63.1. The number of hydrogen-bond acceptors (Lipinski definition) is 13. The lowest BCUT2D eigenvalue weighted by atomic mass is 9.53. The van der Waals surface area contributed by atoms with E-state index < -0.39 is 46.9 Å². The van der Waals surface area contributed by atoms with E-state index in [2.05, 4.69) is 111 Å². The summed E-state index contributed by atoms with van der Waals surface area (Å²) < 4.78 is 21.6. The quantitative estimate of drug-likeness (QED) is 0.0450. The summed E-state index contributed by atoms with van der Waals surface area (Å²) >= 11 is 0. The number of ether oxygens (including phenoxy) is 3. The van der Waals surface area contributed by atoms with Crippen LogP contribution in [0.3, 0.4) is 0 Å². The van der Waals surface area contributed by atoms with Crippen LogP contribution in [-0.4, -0.2) is 85.5 Å². The fourth-order valence-corrected chi connectivity index (χ4v) is 20.6. The monoisotopic (exact) mass is 1300 g/mol. The van der Waals surface area contributed by atoms with Gasteiger partial charge in [0.2, 0.25) is 5.75 Å². The number of nitrogens with one attached hydrogen (secondary N) is 2. The van der Waals surface area contributed by atoms with Crippen molar-refractivity contribution in [1.82, 2.24) is 14.9 Å². The SMILES string of the molecule is COc1cc2cc(O)c1Oc1cc(O)cc3c1CC[C@@H](C3)[C@H](CO)C[C@H]1CC[C@]3(CC[C@]4(Cc5c6c(ccc7c6cn5[C@H]2CC(=O)C[C@H](OC(C)=O)CC[C@]25C6=CC=C[C@@H]2CC=C[C@@H]5c2c[nH]cc2[C@H](C#CC6)[C@@H](c2cccc(O)c2)C2=CCNC(=C2)N7CCC(C)=O)[C@@H]4O)C3)C1. The van der Waals surface area contributed by atoms with Crippen LogP contribution in [0.2, 0.25) is 0 Å². The van der Waals surface area contributed by atoms with Gasteiger partial charge in [-0.3, -0.25) is 14.4 Å². The summed E-state index contributed by atoms with van der Waals surface area (Å²) in [5, 5.41) is 65.7. The molecule has 3 spiro atoms. The summed E-state index contributed by atoms with van der Waals surface area (Å²) in [5.74, 6) is 8.12. The number of aromatic amines is 1. The lowest BCUT2D eigenvalue weighted by Crippen LogP contribution is -2.41. The fourth-order valence-electron chi connectivity index (χ4n) is 20.6. The van der Waals surface area contributed by atoms with Crippen molar-refractivity contribution in [1.29, 1.82) is 0 Å². The molecule has 15 nitrogen and oxygen atoms in total. The van der Waals surface area contributed by atoms with Gasteiger partial charge in [0.1, 0.15) is 40.7 Å². The minimum Gasteiger partial charge on any atom is -0.508 e. The second-order valence-corrected chi connectivity index (χ2v) is 30.3. The van der Waals surface area contributed by atoms with E-state index in [1.165, 1.54) is 19.6 Å². The molecule has 0 amide bonds. The summed E-state index contributed by atoms with van der Waals surface area (Å²) in [7, 11) is 1.53. The number of rotatable bonds is 7. The molecule has 13 aliphatic rings. The molecule has 2 aromatic heterocycles. The number of dihydropyridines is 1. The Labute approximate surface area is 567 Å². The van der Waals surface area contributed by atoms with Gasteiger partial charge in [-0.1, -0.05) is 72.1 Å². The van der Waals surface area contributed by atoms with Crippen molar-refractivity contribution in [2.24, 2.45) is 39.9 Å². The maximum absolute atomic E-state index is 16.0. The molecule has 6 aliphatic heterocycles. The van der Waals surface area contributed by atoms with Gasteiger partial charge < -0.3 is 59.5 Å². The average molecular weight is 1310 g/mol. The number of fused-ring (bicyclic) bond motifs is 1. The van der Waals surface area contributed by atoms with Crippen LogP contribution in [0.4, 0.5) is 5.69 Å². The number of hydrogen-bond donors (Lipinski definition) is 7. The summed E-state index contributed by atoms with van der Waals surface area (Å²) in [4.78, 5) is 48.8. The molecule has 15 heteroatoms. The molecular weight excluding hydrogens is 1220 g/mol. The lowest BCUT2D eigenvalue weighted by Gasteiger charge is -2.50. The Morgan fingerprint density at radius 1 is 0.907 bits per heavy atom. The van der Waals surface area contributed by atoms with E-state index in [0.29, 0.717) is 68.8 Å². The van der Waals surface area contributed by atoms with Crippen LogP contribution in [0.1, 0.15) is 185 Å². The molecule has 19 rings (SSSR count). The summed E-state index contributed by atoms with van der Waals surface area (Å²) in [6, 6.07) is 17.8. The van der Waals surface area contributed by atoms with Crippen LogP contribution < -0.4 is 19.7 Å². The highest BCUT2D eigenvalue weighted by Gasteiger charge is 2.57. The van der Waals surface area contributed by atoms with Gasteiger partial charge in [-0.2, -0.15) is 0 Å². The number of aliphatic hydroxyl groups excluding tert-OH is 2. The van der Waals surface area contributed by atoms with E-state index in [4.69, 9.17) is 14.2 Å². The van der Waals surface area contributed by atoms with Gasteiger partial charge in [0.05, 0.1) is 30.9 Å². The predicted molar refractivity (Wildman–Crippen MR) is 371 cm³/mol. The number of H-pyrrole nitrogens is 1. The van der Waals surface area contributed by atoms with Crippen LogP contribution in [-0.2, 0) is 38.4 Å². The lowest BCUT2D eigenvalue weighted by molar-refractivity contribution is -0.148. The van der Waals surface area contributed by atoms with Crippen molar-refractivity contribution in [3.05, 3.63) is 183 Å². The third-order valence-electron chi connectivity index (χ3n) is 24.9. The van der Waals surface area contributed by atoms with Crippen molar-refractivity contribution in [2.45, 2.75) is 165 Å². The maximum atomic E-state index is 16.0. The average Bonchev–Trinajstić information content (AvgIpc) is 1.67. The number of esters is 1. The molecule has 0 radical (unpaired) electrons. The van der Waals surface area contributed by atoms with E-state index >= 15 is 4.79 Å². The van der Waals surface area contributed by atoms with E-state index in [1.54, 1.807) is 25.1 Å². The van der Waals surface area contributed by atoms with Crippen molar-refractivity contribution in [2.75, 3.05) is 31.7 Å². The second-order valence-electron chi connectivity index (χ2n) is 30.3. The number of aromatic hydroxyl groups is 3. The molecule has 0 saturated heterocycles. The summed E-state index contributed by atoms with van der Waals surface area (Å²) in [5.41, 5.74) is 9.06. The standard InChI is InChI=1S/C82H88N4O11/c1-47(88)23-29-85-69-19-18-64-77-67(69)44-86-70(54-34-72(93)78(74(35-54)95-3)97-73-39-59(91)33-53-31-50(16-17-62(53)73)55(45-87)30-49-20-24-80(40-49)26-27-81(46-80,79(64)94)41-71(77)86)38-60(92)37-61(96-48(2)89)21-25-82-56-9-5-10-57(82)12-7-15-68(82)66-43-83-42-65(66)63(14-6-11-56)76(51-8-4-13-58(90)32-51)52-22-28-84-75(85)36-52/h4-5,7-10,13,15,18-19,22,32-36,39,42-44,49-50,55,57,61,63,68,70,76,79,83-84,87,90-91,93-94H,11-12,16-17,20-21,23-31,37-38,40-41,45-46H2,1-3H3/t49-,50+,55+,57-,61-,63+,68-,70+,76+,79+,80+,81+,82+/m1/s1. The van der Waals surface area contributed by atoms with Gasteiger partial charge in [-0.05, 0) is 213 Å². The van der Waals surface area contributed by atoms with Gasteiger partial charge in [-0.15, -0.1) is 0 Å². The third-order valence-corrected chi connectivity index (χ3v) is 24.9. The number of Topliss-reactive ketones (excluding diaryl/α,β-unsaturated/α-hetero) is 2. The molecule has 16 bridgehead atoms. The molecule has 97 heavy (non-hydrogen) atoms. The highest BCUT2D eigenvalue weighted by atomic mass is 16.5. The molecule has 7 aliphatic carbocycles. The minimum absolute atomic E-state index is 0.0122. The zero-order chi connectivity index (χ0) is 66.6. The molecular formula is C82H88N4O11. The summed E-state index contributed by atoms with van der Waals surface area (Å²) in [6.45, 7) is 3.83. The number of methoxy groups -OCH3 is 1. The van der Waals surface area contributed by atoms with Crippen LogP contribution in [0.25, 0.3) is 10.8 Å². The fraction of sp³-hybridized carbons (Fsp3) is 0.451. The van der Waals surface area contributed by atoms with E-state index in [9.17, 15) is 35.1 Å². The van der Waals surface area contributed by atoms with Crippen LogP contribution >= 0.6 is 0 Å². The number of aromatic nitrogens is 2. The molecule has 8 heterocycles. The Morgan fingerprint density at radius 3 is 2.62 bits per heavy atom. The van der Waals surface area contributed by atoms with Crippen LogP contribution in [0, 0.1) is 51.8 Å². The number of aliphatic hydroxyl groups is 2. The number of anilines is 1. The van der Waals surface area contributed by atoms with Crippen molar-refractivity contribution in [3.63, 3.8) is 0 Å². The topological polar surface area (TPSA) is 216 Å². The number of ketones is 2. The Balaban J connectivity index is 0.929. The normalized spacial score (nSPS) is 30.7. The molecule has 502 valence electrons. The number of carbonyl (C=O) groups is 3. The zero-order valence-corrected chi connectivity index (χ0v) is 55.7. The number of nitrogens with zero attached hydrogens (tertiary/aromatic N) is 2. The number of phenols is 3. The minimum atomic E-state index is -0.841. The first-order valence-electron chi connectivity index (χ1n) is 35.5. The number of benzene rings is 4. The molecule has 4 aromatic carbocycles. The van der Waals surface area contributed by atoms with Crippen molar-refractivity contribution < 1.29 is 54.1 Å². The van der Waals surface area contributed by atoms with Gasteiger partial charge in [-0.25, -0.2) is 0 Å². The maximum Gasteiger partial charge on any atom is 0.302 e. The third kappa shape index (κ3) is 10.9. The Hall–Kier alpha value is -8.71. The summed E-state index contributed by atoms with van der Waals surface area (Å²) in [6.07, 6.45) is 31.9. The Morgan fingerprint density at radius 2 is 1.78 bits per heavy atom. The molecule has 2 fully saturated rings. The smallest absolute Gasteiger partial charge is 0.302 e. The van der Waals surface area contributed by atoms with Crippen LogP contribution in [0.15, 0.2) is 139 Å². The zero-order valence-electron chi connectivity index (χ0n) is 55.7. The van der Waals surface area contributed by atoms with Gasteiger partial charge in [0.25, 0.3) is 0 Å². The highest BCUT2D eigenvalue weighted by Crippen LogP contribution is 2.67. The second kappa shape index (κ2) is 24.7. The number of carbonyl (C=O) groups excluding carboxylic acids is 3. The van der Waals surface area contributed by atoms with Crippen molar-refractivity contribution in [3.8, 4) is 46.3 Å². The van der Waals surface area contributed by atoms with Crippen molar-refractivity contribution >= 4 is 34.0 Å². The van der Waals surface area contributed by atoms with Crippen LogP contribution in [0.5, 0.6) is 34.5 Å². The van der Waals surface area contributed by atoms with E-state index in [1.807, 2.05) is 24.3 Å². The van der Waals surface area contributed by atoms with Gasteiger partial charge in [0.15, 0.2) is 11.5 Å². The van der Waals surface area contributed by atoms with Gasteiger partial charge >= 0.3 is 5.97 Å². The highest BCUT2D eigenvalue weighted by molar-refractivity contribution is 6.00. The molecule has 7 N–H and O–H groups in total. The Kier molecular flexibility index (Phi) is 16.0. The van der Waals surface area contributed by atoms with Gasteiger partial charge in [0, 0.05) is 116 Å². The first-order valence-corrected chi connectivity index (χ1v) is 35.5. The molecule has 0 unspecified atom stereocenters. The van der Waals surface area contributed by atoms with E-state index in [0.717, 1.165) is 125 Å². The molecule has 6 aromatic rings.